The van der Waals surface area contributed by atoms with Crippen LogP contribution in [0.15, 0.2) is 174 Å². The SMILES string of the molecule is c1ccc(-c2ccc3c(c2)oc2cccc(-c4c5ccccc5c(-c5cc6ccccc6c6ccccc56)c5ccccc45)c23)cc1. The summed E-state index contributed by atoms with van der Waals surface area (Å²) < 4.78 is 6.58. The lowest BCUT2D eigenvalue weighted by molar-refractivity contribution is 0.669. The van der Waals surface area contributed by atoms with Crippen LogP contribution in [-0.2, 0) is 0 Å². The zero-order valence-corrected chi connectivity index (χ0v) is 25.6. The largest absolute Gasteiger partial charge is 0.456 e. The lowest BCUT2D eigenvalue weighted by Gasteiger charge is -2.20. The van der Waals surface area contributed by atoms with E-state index in [2.05, 4.69) is 170 Å². The molecule has 0 aliphatic carbocycles. The lowest BCUT2D eigenvalue weighted by Crippen LogP contribution is -1.92. The Balaban J connectivity index is 1.31. The Kier molecular flexibility index (Phi) is 5.64. The van der Waals surface area contributed by atoms with Crippen molar-refractivity contribution in [2.75, 3.05) is 0 Å². The molecule has 9 aromatic carbocycles. The molecule has 0 radical (unpaired) electrons. The standard InChI is InChI=1S/C46H28O/c1-2-13-29(14-3-1)30-25-26-39-43(28-30)47-42-24-12-23-40(46(39)42)44-35-19-8-10-21-37(35)45(38-22-11-9-20-36(38)44)41-27-31-15-4-5-16-32(31)33-17-6-7-18-34(33)41/h1-28H. The maximum atomic E-state index is 6.58. The van der Waals surface area contributed by atoms with Gasteiger partial charge in [-0.25, -0.2) is 0 Å². The normalized spacial score (nSPS) is 11.8. The fourth-order valence-corrected chi connectivity index (χ4v) is 7.81. The van der Waals surface area contributed by atoms with E-state index in [1.807, 2.05) is 0 Å². The van der Waals surface area contributed by atoms with E-state index in [0.717, 1.165) is 27.5 Å². The fourth-order valence-electron chi connectivity index (χ4n) is 7.81. The number of hydrogen-bond donors (Lipinski definition) is 0. The van der Waals surface area contributed by atoms with E-state index in [1.165, 1.54) is 70.9 Å². The first-order chi connectivity index (χ1) is 23.3. The Morgan fingerprint density at radius 2 is 0.872 bits per heavy atom. The third-order valence-electron chi connectivity index (χ3n) is 9.84. The molecular weight excluding hydrogens is 569 g/mol. The molecule has 218 valence electrons. The molecule has 0 saturated carbocycles. The summed E-state index contributed by atoms with van der Waals surface area (Å²) in [5, 5.41) is 12.3. The van der Waals surface area contributed by atoms with Crippen LogP contribution >= 0.6 is 0 Å². The first kappa shape index (κ1) is 26.1. The van der Waals surface area contributed by atoms with Crippen LogP contribution in [0.25, 0.3) is 98.4 Å². The van der Waals surface area contributed by atoms with E-state index >= 15 is 0 Å². The van der Waals surface area contributed by atoms with Gasteiger partial charge in [0.1, 0.15) is 11.2 Å². The molecule has 0 saturated heterocycles. The molecule has 0 atom stereocenters. The maximum absolute atomic E-state index is 6.58. The minimum Gasteiger partial charge on any atom is -0.456 e. The molecule has 1 heterocycles. The summed E-state index contributed by atoms with van der Waals surface area (Å²) in [5.41, 5.74) is 9.12. The van der Waals surface area contributed by atoms with Crippen molar-refractivity contribution in [1.29, 1.82) is 0 Å². The van der Waals surface area contributed by atoms with Crippen LogP contribution in [0, 0.1) is 0 Å². The van der Waals surface area contributed by atoms with Gasteiger partial charge in [-0.15, -0.1) is 0 Å². The Morgan fingerprint density at radius 3 is 1.57 bits per heavy atom. The molecule has 0 spiro atoms. The zero-order chi connectivity index (χ0) is 30.9. The summed E-state index contributed by atoms with van der Waals surface area (Å²) in [6.07, 6.45) is 0. The number of hydrogen-bond acceptors (Lipinski definition) is 1. The summed E-state index contributed by atoms with van der Waals surface area (Å²) in [6, 6.07) is 61.5. The van der Waals surface area contributed by atoms with Gasteiger partial charge in [0, 0.05) is 10.8 Å². The van der Waals surface area contributed by atoms with Crippen molar-refractivity contribution in [1.82, 2.24) is 0 Å². The van der Waals surface area contributed by atoms with Gasteiger partial charge >= 0.3 is 0 Å². The Morgan fingerprint density at radius 1 is 0.298 bits per heavy atom. The van der Waals surface area contributed by atoms with Gasteiger partial charge in [0.15, 0.2) is 0 Å². The van der Waals surface area contributed by atoms with Gasteiger partial charge in [0.05, 0.1) is 0 Å². The van der Waals surface area contributed by atoms with Crippen LogP contribution in [-0.4, -0.2) is 0 Å². The molecule has 0 aliphatic rings. The van der Waals surface area contributed by atoms with E-state index in [-0.39, 0.29) is 0 Å². The van der Waals surface area contributed by atoms with E-state index in [0.29, 0.717) is 0 Å². The molecule has 0 N–H and O–H groups in total. The van der Waals surface area contributed by atoms with Crippen LogP contribution < -0.4 is 0 Å². The molecule has 0 unspecified atom stereocenters. The van der Waals surface area contributed by atoms with Crippen LogP contribution in [0.4, 0.5) is 0 Å². The van der Waals surface area contributed by atoms with Crippen molar-refractivity contribution in [3.63, 3.8) is 0 Å². The van der Waals surface area contributed by atoms with Gasteiger partial charge in [0.2, 0.25) is 0 Å². The van der Waals surface area contributed by atoms with Crippen molar-refractivity contribution in [3.8, 4) is 33.4 Å². The molecule has 47 heavy (non-hydrogen) atoms. The van der Waals surface area contributed by atoms with Gasteiger partial charge < -0.3 is 4.42 Å². The lowest BCUT2D eigenvalue weighted by atomic mass is 9.83. The predicted octanol–water partition coefficient (Wildman–Crippen LogP) is 13.2. The Hall–Kier alpha value is -6.18. The van der Waals surface area contributed by atoms with E-state index < -0.39 is 0 Å². The van der Waals surface area contributed by atoms with Gasteiger partial charge in [-0.3, -0.25) is 0 Å². The molecule has 1 aromatic heterocycles. The molecule has 10 aromatic rings. The Bertz CT molecular complexity index is 2780. The van der Waals surface area contributed by atoms with Gasteiger partial charge in [-0.05, 0) is 101 Å². The molecule has 0 fully saturated rings. The highest BCUT2D eigenvalue weighted by atomic mass is 16.3. The zero-order valence-electron chi connectivity index (χ0n) is 25.6. The second-order valence-electron chi connectivity index (χ2n) is 12.4. The first-order valence-electron chi connectivity index (χ1n) is 16.2. The average molecular weight is 597 g/mol. The third-order valence-corrected chi connectivity index (χ3v) is 9.84. The number of benzene rings is 9. The third kappa shape index (κ3) is 3.90. The highest BCUT2D eigenvalue weighted by Crippen LogP contribution is 2.48. The smallest absolute Gasteiger partial charge is 0.136 e. The van der Waals surface area contributed by atoms with Crippen LogP contribution in [0.3, 0.4) is 0 Å². The highest BCUT2D eigenvalue weighted by Gasteiger charge is 2.21. The second-order valence-corrected chi connectivity index (χ2v) is 12.4. The fraction of sp³-hybridized carbons (Fsp3) is 0. The van der Waals surface area contributed by atoms with E-state index in [4.69, 9.17) is 4.42 Å². The molecule has 1 heteroatoms. The van der Waals surface area contributed by atoms with Gasteiger partial charge in [-0.1, -0.05) is 146 Å². The number of fused-ring (bicyclic) bond motifs is 8. The van der Waals surface area contributed by atoms with Crippen LogP contribution in [0.1, 0.15) is 0 Å². The quantitative estimate of drug-likeness (QED) is 0.146. The molecule has 1 nitrogen and oxygen atoms in total. The molecular formula is C46H28O. The summed E-state index contributed by atoms with van der Waals surface area (Å²) in [6.45, 7) is 0. The van der Waals surface area contributed by atoms with Crippen molar-refractivity contribution < 1.29 is 4.42 Å². The maximum Gasteiger partial charge on any atom is 0.136 e. The minimum atomic E-state index is 0.903. The predicted molar refractivity (Wildman–Crippen MR) is 200 cm³/mol. The second kappa shape index (κ2) is 10.2. The highest BCUT2D eigenvalue weighted by molar-refractivity contribution is 6.28. The van der Waals surface area contributed by atoms with Gasteiger partial charge in [0.25, 0.3) is 0 Å². The van der Waals surface area contributed by atoms with E-state index in [1.54, 1.807) is 0 Å². The van der Waals surface area contributed by atoms with Crippen LogP contribution in [0.2, 0.25) is 0 Å². The first-order valence-corrected chi connectivity index (χ1v) is 16.2. The minimum absolute atomic E-state index is 0.903. The molecule has 0 aliphatic heterocycles. The summed E-state index contributed by atoms with van der Waals surface area (Å²) in [5.74, 6) is 0. The summed E-state index contributed by atoms with van der Waals surface area (Å²) >= 11 is 0. The van der Waals surface area contributed by atoms with Crippen molar-refractivity contribution in [2.45, 2.75) is 0 Å². The van der Waals surface area contributed by atoms with Crippen molar-refractivity contribution >= 4 is 65.0 Å². The van der Waals surface area contributed by atoms with E-state index in [9.17, 15) is 0 Å². The average Bonchev–Trinajstić information content (AvgIpc) is 3.52. The van der Waals surface area contributed by atoms with Crippen molar-refractivity contribution in [3.05, 3.63) is 170 Å². The molecule has 0 amide bonds. The van der Waals surface area contributed by atoms with Crippen LogP contribution in [0.5, 0.6) is 0 Å². The summed E-state index contributed by atoms with van der Waals surface area (Å²) in [7, 11) is 0. The molecule has 0 bridgehead atoms. The molecule has 10 rings (SSSR count). The topological polar surface area (TPSA) is 13.1 Å². The van der Waals surface area contributed by atoms with Gasteiger partial charge in [-0.2, -0.15) is 0 Å². The summed E-state index contributed by atoms with van der Waals surface area (Å²) in [4.78, 5) is 0. The number of rotatable bonds is 3. The van der Waals surface area contributed by atoms with Crippen molar-refractivity contribution in [2.24, 2.45) is 0 Å². The monoisotopic (exact) mass is 596 g/mol. The number of furan rings is 1. The Labute approximate surface area is 271 Å².